The number of nitrogens with zero attached hydrogens (tertiary/aromatic N) is 3. The second kappa shape index (κ2) is 7.15. The molecule has 1 atom stereocenters. The Bertz CT molecular complexity index is 696. The Labute approximate surface area is 144 Å². The lowest BCUT2D eigenvalue weighted by molar-refractivity contribution is -0.120. The fraction of sp³-hybridized carbons (Fsp3) is 0.312. The summed E-state index contributed by atoms with van der Waals surface area (Å²) in [5.41, 5.74) is 0.578. The Balaban J connectivity index is 1.67. The molecule has 2 aromatic rings. The molecule has 0 aliphatic carbocycles. The molecule has 1 aliphatic rings. The average molecular weight is 351 g/mol. The van der Waals surface area contributed by atoms with Crippen LogP contribution in [0.25, 0.3) is 0 Å². The Morgan fingerprint density at radius 1 is 1.26 bits per heavy atom. The highest BCUT2D eigenvalue weighted by molar-refractivity contribution is 6.36. The zero-order chi connectivity index (χ0) is 16.2. The topological polar surface area (TPSA) is 58.1 Å². The zero-order valence-electron chi connectivity index (χ0n) is 12.4. The first-order valence-electron chi connectivity index (χ1n) is 7.41. The molecule has 1 aromatic heterocycles. The number of carbonyl (C=O) groups is 1. The van der Waals surface area contributed by atoms with Crippen LogP contribution in [0.2, 0.25) is 10.0 Å². The van der Waals surface area contributed by atoms with E-state index in [9.17, 15) is 4.79 Å². The summed E-state index contributed by atoms with van der Waals surface area (Å²) >= 11 is 12.0. The van der Waals surface area contributed by atoms with Gasteiger partial charge in [-0.05, 0) is 37.1 Å². The van der Waals surface area contributed by atoms with Crippen LogP contribution in [0.1, 0.15) is 12.8 Å². The largest absolute Gasteiger partial charge is 0.340 e. The molecule has 0 radical (unpaired) electrons. The van der Waals surface area contributed by atoms with E-state index in [1.165, 1.54) is 0 Å². The third-order valence-electron chi connectivity index (χ3n) is 3.82. The lowest BCUT2D eigenvalue weighted by Crippen LogP contribution is -2.41. The fourth-order valence-electron chi connectivity index (χ4n) is 2.65. The maximum atomic E-state index is 12.5. The molecule has 2 heterocycles. The Morgan fingerprint density at radius 2 is 2.04 bits per heavy atom. The van der Waals surface area contributed by atoms with E-state index in [0.29, 0.717) is 28.2 Å². The quantitative estimate of drug-likeness (QED) is 0.917. The lowest BCUT2D eigenvalue weighted by Gasteiger charge is -2.31. The molecule has 1 aromatic carbocycles. The molecule has 0 saturated carbocycles. The van der Waals surface area contributed by atoms with Crippen molar-refractivity contribution in [3.05, 3.63) is 46.7 Å². The normalized spacial score (nSPS) is 17.8. The lowest BCUT2D eigenvalue weighted by atomic mass is 9.97. The summed E-state index contributed by atoms with van der Waals surface area (Å²) in [7, 11) is 0. The summed E-state index contributed by atoms with van der Waals surface area (Å²) in [6.45, 7) is 1.45. The first-order valence-corrected chi connectivity index (χ1v) is 8.17. The standard InChI is InChI=1S/C16H16Cl2N4O/c17-12-4-5-14(13(18)9-12)21-15(23)11-3-1-8-22(10-11)16-19-6-2-7-20-16/h2,4-7,9,11H,1,3,8,10H2,(H,21,23)/t11-/m0/s1. The molecule has 3 rings (SSSR count). The molecule has 5 nitrogen and oxygen atoms in total. The number of amides is 1. The summed E-state index contributed by atoms with van der Waals surface area (Å²) < 4.78 is 0. The van der Waals surface area contributed by atoms with Crippen LogP contribution in [0.4, 0.5) is 11.6 Å². The van der Waals surface area contributed by atoms with Crippen LogP contribution < -0.4 is 10.2 Å². The van der Waals surface area contributed by atoms with Gasteiger partial charge in [-0.15, -0.1) is 0 Å². The van der Waals surface area contributed by atoms with Crippen molar-refractivity contribution < 1.29 is 4.79 Å². The second-order valence-corrected chi connectivity index (χ2v) is 6.29. The van der Waals surface area contributed by atoms with Gasteiger partial charge in [0.1, 0.15) is 0 Å². The van der Waals surface area contributed by atoms with Crippen molar-refractivity contribution in [2.45, 2.75) is 12.8 Å². The number of nitrogens with one attached hydrogen (secondary N) is 1. The molecule has 1 amide bonds. The Morgan fingerprint density at radius 3 is 2.78 bits per heavy atom. The molecule has 0 spiro atoms. The molecule has 1 N–H and O–H groups in total. The molecule has 7 heteroatoms. The molecule has 0 bridgehead atoms. The van der Waals surface area contributed by atoms with E-state index in [2.05, 4.69) is 15.3 Å². The van der Waals surface area contributed by atoms with Gasteiger partial charge in [0.25, 0.3) is 0 Å². The van der Waals surface area contributed by atoms with E-state index in [0.717, 1.165) is 19.4 Å². The average Bonchev–Trinajstić information content (AvgIpc) is 2.58. The highest BCUT2D eigenvalue weighted by atomic mass is 35.5. The Kier molecular flexibility index (Phi) is 4.98. The van der Waals surface area contributed by atoms with E-state index in [1.54, 1.807) is 36.7 Å². The van der Waals surface area contributed by atoms with Gasteiger partial charge in [-0.3, -0.25) is 4.79 Å². The van der Waals surface area contributed by atoms with Gasteiger partial charge in [0.15, 0.2) is 0 Å². The van der Waals surface area contributed by atoms with Gasteiger partial charge < -0.3 is 10.2 Å². The van der Waals surface area contributed by atoms with E-state index < -0.39 is 0 Å². The minimum Gasteiger partial charge on any atom is -0.340 e. The van der Waals surface area contributed by atoms with Crippen molar-refractivity contribution in [2.24, 2.45) is 5.92 Å². The first kappa shape index (κ1) is 16.0. The van der Waals surface area contributed by atoms with E-state index in [-0.39, 0.29) is 11.8 Å². The second-order valence-electron chi connectivity index (χ2n) is 5.45. The third-order valence-corrected chi connectivity index (χ3v) is 4.36. The van der Waals surface area contributed by atoms with Crippen LogP contribution in [0, 0.1) is 5.92 Å². The molecule has 0 unspecified atom stereocenters. The summed E-state index contributed by atoms with van der Waals surface area (Å²) in [6, 6.07) is 6.81. The summed E-state index contributed by atoms with van der Waals surface area (Å²) in [4.78, 5) is 23.1. The fourth-order valence-corrected chi connectivity index (χ4v) is 3.11. The van der Waals surface area contributed by atoms with Crippen molar-refractivity contribution >= 4 is 40.7 Å². The Hall–Kier alpha value is -1.85. The maximum absolute atomic E-state index is 12.5. The summed E-state index contributed by atoms with van der Waals surface area (Å²) in [5.74, 6) is 0.490. The van der Waals surface area contributed by atoms with Crippen LogP contribution >= 0.6 is 23.2 Å². The highest BCUT2D eigenvalue weighted by Gasteiger charge is 2.27. The van der Waals surface area contributed by atoms with Gasteiger partial charge in [0.2, 0.25) is 11.9 Å². The van der Waals surface area contributed by atoms with Gasteiger partial charge in [-0.2, -0.15) is 0 Å². The number of aromatic nitrogens is 2. The third kappa shape index (κ3) is 3.92. The first-order chi connectivity index (χ1) is 11.1. The summed E-state index contributed by atoms with van der Waals surface area (Å²) in [5, 5.41) is 3.86. The molecule has 120 valence electrons. The number of hydrogen-bond acceptors (Lipinski definition) is 4. The highest BCUT2D eigenvalue weighted by Crippen LogP contribution is 2.27. The number of rotatable bonds is 3. The molecular formula is C16H16Cl2N4O. The van der Waals surface area contributed by atoms with Gasteiger partial charge in [-0.25, -0.2) is 9.97 Å². The number of anilines is 2. The van der Waals surface area contributed by atoms with Crippen LogP contribution in [0.15, 0.2) is 36.7 Å². The van der Waals surface area contributed by atoms with E-state index in [4.69, 9.17) is 23.2 Å². The smallest absolute Gasteiger partial charge is 0.229 e. The van der Waals surface area contributed by atoms with E-state index in [1.807, 2.05) is 4.90 Å². The van der Waals surface area contributed by atoms with Crippen molar-refractivity contribution in [3.8, 4) is 0 Å². The van der Waals surface area contributed by atoms with Crippen molar-refractivity contribution in [2.75, 3.05) is 23.3 Å². The number of benzene rings is 1. The minimum absolute atomic E-state index is 0.0464. The van der Waals surface area contributed by atoms with Gasteiger partial charge >= 0.3 is 0 Å². The molecule has 23 heavy (non-hydrogen) atoms. The van der Waals surface area contributed by atoms with Gasteiger partial charge in [-0.1, -0.05) is 23.2 Å². The minimum atomic E-state index is -0.126. The van der Waals surface area contributed by atoms with Crippen molar-refractivity contribution in [1.82, 2.24) is 9.97 Å². The number of hydrogen-bond donors (Lipinski definition) is 1. The maximum Gasteiger partial charge on any atom is 0.229 e. The SMILES string of the molecule is O=C(Nc1ccc(Cl)cc1Cl)[C@H]1CCCN(c2ncccn2)C1. The number of halogens is 2. The van der Waals surface area contributed by atoms with Gasteiger partial charge in [0, 0.05) is 30.5 Å². The van der Waals surface area contributed by atoms with Crippen molar-refractivity contribution in [1.29, 1.82) is 0 Å². The molecular weight excluding hydrogens is 335 g/mol. The number of carbonyl (C=O) groups excluding carboxylic acids is 1. The molecule has 1 aliphatic heterocycles. The summed E-state index contributed by atoms with van der Waals surface area (Å²) in [6.07, 6.45) is 5.17. The monoisotopic (exact) mass is 350 g/mol. The molecule has 1 fully saturated rings. The van der Waals surface area contributed by atoms with Crippen molar-refractivity contribution in [3.63, 3.8) is 0 Å². The van der Waals surface area contributed by atoms with Crippen LogP contribution in [-0.2, 0) is 4.79 Å². The van der Waals surface area contributed by atoms with Crippen LogP contribution in [0.5, 0.6) is 0 Å². The van der Waals surface area contributed by atoms with Gasteiger partial charge in [0.05, 0.1) is 16.6 Å². The predicted molar refractivity (Wildman–Crippen MR) is 92.1 cm³/mol. The molecule has 1 saturated heterocycles. The zero-order valence-corrected chi connectivity index (χ0v) is 13.9. The van der Waals surface area contributed by atoms with Crippen LogP contribution in [-0.4, -0.2) is 29.0 Å². The predicted octanol–water partition coefficient (Wildman–Crippen LogP) is 3.64. The van der Waals surface area contributed by atoms with E-state index >= 15 is 0 Å². The van der Waals surface area contributed by atoms with Crippen LogP contribution in [0.3, 0.4) is 0 Å². The number of piperidine rings is 1.